The number of ether oxygens (including phenoxy) is 2. The summed E-state index contributed by atoms with van der Waals surface area (Å²) >= 11 is 3.51. The number of nitrogens with zero attached hydrogens (tertiary/aromatic N) is 1. The number of methoxy groups -OCH3 is 2. The molecule has 1 heterocycles. The van der Waals surface area contributed by atoms with Crippen molar-refractivity contribution in [3.8, 4) is 22.8 Å². The third-order valence-corrected chi connectivity index (χ3v) is 5.03. The second kappa shape index (κ2) is 7.88. The van der Waals surface area contributed by atoms with Crippen molar-refractivity contribution in [2.24, 2.45) is 5.73 Å². The SMILES string of the molecule is COc1ccc(Cn2c(-c3cccc(Br)c3)cc(C(N)=O)c2C)cc1OC. The van der Waals surface area contributed by atoms with Crippen LogP contribution in [0.1, 0.15) is 21.6 Å². The van der Waals surface area contributed by atoms with Gasteiger partial charge in [-0.3, -0.25) is 4.79 Å². The predicted molar refractivity (Wildman–Crippen MR) is 109 cm³/mol. The van der Waals surface area contributed by atoms with Gasteiger partial charge >= 0.3 is 0 Å². The summed E-state index contributed by atoms with van der Waals surface area (Å²) < 4.78 is 13.8. The van der Waals surface area contributed by atoms with E-state index in [1.54, 1.807) is 14.2 Å². The van der Waals surface area contributed by atoms with Gasteiger partial charge in [-0.1, -0.05) is 34.1 Å². The highest BCUT2D eigenvalue weighted by Crippen LogP contribution is 2.31. The van der Waals surface area contributed by atoms with Crippen LogP contribution in [0.2, 0.25) is 0 Å². The number of benzene rings is 2. The van der Waals surface area contributed by atoms with Gasteiger partial charge in [0.1, 0.15) is 0 Å². The highest BCUT2D eigenvalue weighted by atomic mass is 79.9. The lowest BCUT2D eigenvalue weighted by Crippen LogP contribution is -2.12. The number of hydrogen-bond donors (Lipinski definition) is 1. The van der Waals surface area contributed by atoms with Crippen molar-refractivity contribution in [2.75, 3.05) is 14.2 Å². The van der Waals surface area contributed by atoms with Crippen LogP contribution in [0.15, 0.2) is 53.0 Å². The summed E-state index contributed by atoms with van der Waals surface area (Å²) in [6.07, 6.45) is 0. The van der Waals surface area contributed by atoms with Crippen LogP contribution in [0.3, 0.4) is 0 Å². The van der Waals surface area contributed by atoms with Crippen molar-refractivity contribution < 1.29 is 14.3 Å². The normalized spacial score (nSPS) is 10.7. The third-order valence-electron chi connectivity index (χ3n) is 4.54. The number of carbonyl (C=O) groups excluding carboxylic acids is 1. The fourth-order valence-corrected chi connectivity index (χ4v) is 3.55. The lowest BCUT2D eigenvalue weighted by Gasteiger charge is -2.14. The van der Waals surface area contributed by atoms with Crippen LogP contribution in [-0.2, 0) is 6.54 Å². The van der Waals surface area contributed by atoms with Gasteiger partial charge in [-0.05, 0) is 48.4 Å². The average molecular weight is 429 g/mol. The van der Waals surface area contributed by atoms with Crippen molar-refractivity contribution in [1.29, 1.82) is 0 Å². The molecule has 1 aromatic heterocycles. The van der Waals surface area contributed by atoms with E-state index in [-0.39, 0.29) is 0 Å². The molecule has 0 bridgehead atoms. The topological polar surface area (TPSA) is 66.5 Å². The van der Waals surface area contributed by atoms with Crippen LogP contribution < -0.4 is 15.2 Å². The molecule has 2 N–H and O–H groups in total. The number of hydrogen-bond acceptors (Lipinski definition) is 3. The Labute approximate surface area is 166 Å². The van der Waals surface area contributed by atoms with E-state index < -0.39 is 5.91 Å². The van der Waals surface area contributed by atoms with Gasteiger partial charge < -0.3 is 19.8 Å². The molecule has 0 aliphatic rings. The third kappa shape index (κ3) is 3.85. The van der Waals surface area contributed by atoms with Gasteiger partial charge in [0.05, 0.1) is 19.8 Å². The van der Waals surface area contributed by atoms with E-state index in [1.807, 2.05) is 55.5 Å². The Morgan fingerprint density at radius 2 is 1.81 bits per heavy atom. The summed E-state index contributed by atoms with van der Waals surface area (Å²) in [5.41, 5.74) is 9.88. The zero-order valence-corrected chi connectivity index (χ0v) is 17.0. The van der Waals surface area contributed by atoms with Crippen LogP contribution in [0.25, 0.3) is 11.3 Å². The lowest BCUT2D eigenvalue weighted by atomic mass is 10.1. The van der Waals surface area contributed by atoms with E-state index >= 15 is 0 Å². The van der Waals surface area contributed by atoms with Gasteiger partial charge in [0.2, 0.25) is 0 Å². The molecule has 0 aliphatic carbocycles. The second-order valence-corrected chi connectivity index (χ2v) is 7.09. The zero-order chi connectivity index (χ0) is 19.6. The first-order valence-corrected chi connectivity index (χ1v) is 9.20. The maximum atomic E-state index is 11.9. The van der Waals surface area contributed by atoms with Gasteiger partial charge in [0.15, 0.2) is 11.5 Å². The van der Waals surface area contributed by atoms with Crippen molar-refractivity contribution >= 4 is 21.8 Å². The quantitative estimate of drug-likeness (QED) is 0.632. The van der Waals surface area contributed by atoms with Gasteiger partial charge in [-0.25, -0.2) is 0 Å². The van der Waals surface area contributed by atoms with Crippen molar-refractivity contribution in [3.63, 3.8) is 0 Å². The first kappa shape index (κ1) is 19.0. The first-order chi connectivity index (χ1) is 12.9. The fourth-order valence-electron chi connectivity index (χ4n) is 3.15. The van der Waals surface area contributed by atoms with E-state index in [4.69, 9.17) is 15.2 Å². The summed E-state index contributed by atoms with van der Waals surface area (Å²) in [5, 5.41) is 0. The Balaban J connectivity index is 2.10. The molecule has 0 atom stereocenters. The summed E-state index contributed by atoms with van der Waals surface area (Å²) in [6, 6.07) is 15.6. The highest BCUT2D eigenvalue weighted by molar-refractivity contribution is 9.10. The van der Waals surface area contributed by atoms with Crippen molar-refractivity contribution in [1.82, 2.24) is 4.57 Å². The Kier molecular flexibility index (Phi) is 5.56. The van der Waals surface area contributed by atoms with Crippen molar-refractivity contribution in [3.05, 3.63) is 69.8 Å². The molecule has 1 amide bonds. The number of nitrogens with two attached hydrogens (primary N) is 1. The molecule has 0 aliphatic heterocycles. The number of rotatable bonds is 6. The van der Waals surface area contributed by atoms with Crippen LogP contribution in [-0.4, -0.2) is 24.7 Å². The van der Waals surface area contributed by atoms with Gasteiger partial charge in [-0.2, -0.15) is 0 Å². The molecule has 3 rings (SSSR count). The standard InChI is InChI=1S/C21H21BrN2O3/c1-13-17(21(23)25)11-18(15-5-4-6-16(22)10-15)24(13)12-14-7-8-19(26-2)20(9-14)27-3/h4-11H,12H2,1-3H3,(H2,23,25). The number of carbonyl (C=O) groups is 1. The maximum absolute atomic E-state index is 11.9. The Morgan fingerprint density at radius 3 is 2.44 bits per heavy atom. The smallest absolute Gasteiger partial charge is 0.250 e. The monoisotopic (exact) mass is 428 g/mol. The molecule has 3 aromatic rings. The summed E-state index contributed by atoms with van der Waals surface area (Å²) in [4.78, 5) is 11.9. The van der Waals surface area contributed by atoms with E-state index in [0.717, 1.165) is 27.0 Å². The van der Waals surface area contributed by atoms with Crippen molar-refractivity contribution in [2.45, 2.75) is 13.5 Å². The molecule has 2 aromatic carbocycles. The van der Waals surface area contributed by atoms with Gasteiger partial charge in [0.25, 0.3) is 5.91 Å². The van der Waals surface area contributed by atoms with Crippen LogP contribution in [0, 0.1) is 6.92 Å². The summed E-state index contributed by atoms with van der Waals surface area (Å²) in [6.45, 7) is 2.48. The Hall–Kier alpha value is -2.73. The molecule has 6 heteroatoms. The molecular weight excluding hydrogens is 408 g/mol. The molecule has 0 radical (unpaired) electrons. The van der Waals surface area contributed by atoms with Crippen LogP contribution in [0.4, 0.5) is 0 Å². The number of halogens is 1. The fraction of sp³-hybridized carbons (Fsp3) is 0.190. The molecule has 0 unspecified atom stereocenters. The average Bonchev–Trinajstić information content (AvgIpc) is 2.98. The molecular formula is C21H21BrN2O3. The maximum Gasteiger partial charge on any atom is 0.250 e. The van der Waals surface area contributed by atoms with Gasteiger partial charge in [0, 0.05) is 22.4 Å². The van der Waals surface area contributed by atoms with E-state index in [9.17, 15) is 4.79 Å². The first-order valence-electron chi connectivity index (χ1n) is 8.41. The van der Waals surface area contributed by atoms with E-state index in [2.05, 4.69) is 20.5 Å². The molecule has 0 spiro atoms. The Bertz CT molecular complexity index is 995. The largest absolute Gasteiger partial charge is 0.493 e. The molecule has 5 nitrogen and oxygen atoms in total. The Morgan fingerprint density at radius 1 is 1.07 bits per heavy atom. The highest BCUT2D eigenvalue weighted by Gasteiger charge is 2.17. The number of amides is 1. The molecule has 0 saturated heterocycles. The van der Waals surface area contributed by atoms with E-state index in [1.165, 1.54) is 0 Å². The minimum atomic E-state index is -0.435. The zero-order valence-electron chi connectivity index (χ0n) is 15.5. The predicted octanol–water partition coefficient (Wildman–Crippen LogP) is 4.39. The molecule has 140 valence electrons. The lowest BCUT2D eigenvalue weighted by molar-refractivity contribution is 0.0999. The van der Waals surface area contributed by atoms with Crippen LogP contribution >= 0.6 is 15.9 Å². The molecule has 27 heavy (non-hydrogen) atoms. The summed E-state index contributed by atoms with van der Waals surface area (Å²) in [5.74, 6) is 0.907. The minimum Gasteiger partial charge on any atom is -0.493 e. The number of primary amides is 1. The second-order valence-electron chi connectivity index (χ2n) is 6.18. The molecule has 0 fully saturated rings. The van der Waals surface area contributed by atoms with Crippen LogP contribution in [0.5, 0.6) is 11.5 Å². The summed E-state index contributed by atoms with van der Waals surface area (Å²) in [7, 11) is 3.22. The number of aromatic nitrogens is 1. The molecule has 0 saturated carbocycles. The van der Waals surface area contributed by atoms with E-state index in [0.29, 0.717) is 23.6 Å². The van der Waals surface area contributed by atoms with Gasteiger partial charge in [-0.15, -0.1) is 0 Å². The minimum absolute atomic E-state index is 0.435.